The zero-order chi connectivity index (χ0) is 15.5. The molecule has 6 heteroatoms. The van der Waals surface area contributed by atoms with E-state index in [4.69, 9.17) is 0 Å². The topological polar surface area (TPSA) is 74.7 Å². The molecular weight excluding hydrogens is 290 g/mol. The van der Waals surface area contributed by atoms with Gasteiger partial charge >= 0.3 is 5.97 Å². The van der Waals surface area contributed by atoms with Crippen molar-refractivity contribution >= 4 is 15.8 Å². The zero-order valence-corrected chi connectivity index (χ0v) is 13.6. The van der Waals surface area contributed by atoms with Gasteiger partial charge in [-0.3, -0.25) is 9.69 Å². The summed E-state index contributed by atoms with van der Waals surface area (Å²) in [7, 11) is -2.97. The van der Waals surface area contributed by atoms with Gasteiger partial charge in [-0.15, -0.1) is 0 Å². The molecule has 0 bridgehead atoms. The van der Waals surface area contributed by atoms with Crippen molar-refractivity contribution < 1.29 is 18.3 Å². The summed E-state index contributed by atoms with van der Waals surface area (Å²) in [5.74, 6) is 0.232. The largest absolute Gasteiger partial charge is 0.480 e. The minimum Gasteiger partial charge on any atom is -0.480 e. The third-order valence-electron chi connectivity index (χ3n) is 5.10. The average Bonchev–Trinajstić information content (AvgIpc) is 2.63. The smallest absolute Gasteiger partial charge is 0.317 e. The lowest BCUT2D eigenvalue weighted by Crippen LogP contribution is -2.46. The maximum absolute atomic E-state index is 11.7. The minimum absolute atomic E-state index is 0.0261. The van der Waals surface area contributed by atoms with Gasteiger partial charge in [0.15, 0.2) is 9.84 Å². The maximum atomic E-state index is 11.7. The van der Waals surface area contributed by atoms with E-state index in [1.165, 1.54) is 12.8 Å². The van der Waals surface area contributed by atoms with Gasteiger partial charge in [-0.25, -0.2) is 8.42 Å². The molecule has 0 spiro atoms. The van der Waals surface area contributed by atoms with Crippen LogP contribution in [0.2, 0.25) is 0 Å². The number of nitrogens with zero attached hydrogens (tertiary/aromatic N) is 1. The highest BCUT2D eigenvalue weighted by atomic mass is 32.2. The number of carbonyl (C=O) groups is 1. The zero-order valence-electron chi connectivity index (χ0n) is 12.8. The van der Waals surface area contributed by atoms with Gasteiger partial charge in [0.2, 0.25) is 0 Å². The Labute approximate surface area is 127 Å². The summed E-state index contributed by atoms with van der Waals surface area (Å²) in [6, 6.07) is 0.130. The van der Waals surface area contributed by atoms with Gasteiger partial charge < -0.3 is 5.11 Å². The molecule has 3 atom stereocenters. The van der Waals surface area contributed by atoms with Crippen molar-refractivity contribution in [2.75, 3.05) is 18.1 Å². The Balaban J connectivity index is 2.07. The normalized spacial score (nSPS) is 33.0. The molecule has 0 aromatic rings. The molecule has 5 nitrogen and oxygen atoms in total. The van der Waals surface area contributed by atoms with Crippen LogP contribution in [0.3, 0.4) is 0 Å². The van der Waals surface area contributed by atoms with Gasteiger partial charge in [0.05, 0.1) is 18.1 Å². The van der Waals surface area contributed by atoms with E-state index in [1.807, 2.05) is 4.90 Å². The fourth-order valence-corrected chi connectivity index (χ4v) is 5.59. The van der Waals surface area contributed by atoms with Gasteiger partial charge in [-0.2, -0.15) is 0 Å². The molecule has 1 saturated carbocycles. The van der Waals surface area contributed by atoms with Crippen LogP contribution in [0.5, 0.6) is 0 Å². The van der Waals surface area contributed by atoms with Crippen LogP contribution in [0.15, 0.2) is 0 Å². The number of hydrogen-bond donors (Lipinski definition) is 1. The molecule has 1 aliphatic heterocycles. The second kappa shape index (κ2) is 7.09. The van der Waals surface area contributed by atoms with Crippen molar-refractivity contribution in [1.82, 2.24) is 4.90 Å². The summed E-state index contributed by atoms with van der Waals surface area (Å²) in [5.41, 5.74) is 0. The average molecular weight is 317 g/mol. The quantitative estimate of drug-likeness (QED) is 0.784. The van der Waals surface area contributed by atoms with Crippen LogP contribution >= 0.6 is 0 Å². The Morgan fingerprint density at radius 2 is 1.90 bits per heavy atom. The van der Waals surface area contributed by atoms with E-state index in [9.17, 15) is 18.3 Å². The molecule has 0 aromatic carbocycles. The number of sulfone groups is 1. The monoisotopic (exact) mass is 317 g/mol. The summed E-state index contributed by atoms with van der Waals surface area (Å²) >= 11 is 0. The minimum atomic E-state index is -2.97. The molecule has 1 heterocycles. The highest BCUT2D eigenvalue weighted by Crippen LogP contribution is 2.31. The van der Waals surface area contributed by atoms with Crippen molar-refractivity contribution in [2.24, 2.45) is 5.92 Å². The van der Waals surface area contributed by atoms with Gasteiger partial charge in [0, 0.05) is 12.1 Å². The number of hydrogen-bond acceptors (Lipinski definition) is 4. The molecule has 0 radical (unpaired) electrons. The van der Waals surface area contributed by atoms with Gasteiger partial charge in [0.1, 0.15) is 0 Å². The number of rotatable bonds is 5. The third-order valence-corrected chi connectivity index (χ3v) is 6.85. The van der Waals surface area contributed by atoms with Gasteiger partial charge in [0.25, 0.3) is 0 Å². The Morgan fingerprint density at radius 3 is 2.48 bits per heavy atom. The molecule has 122 valence electrons. The van der Waals surface area contributed by atoms with Crippen LogP contribution in [0.25, 0.3) is 0 Å². The molecule has 1 N–H and O–H groups in total. The van der Waals surface area contributed by atoms with E-state index in [-0.39, 0.29) is 30.1 Å². The molecular formula is C15H27NO4S. The van der Waals surface area contributed by atoms with Crippen LogP contribution < -0.4 is 0 Å². The van der Waals surface area contributed by atoms with E-state index < -0.39 is 15.8 Å². The Bertz CT molecular complexity index is 462. The molecule has 3 unspecified atom stereocenters. The van der Waals surface area contributed by atoms with Crippen molar-refractivity contribution in [1.29, 1.82) is 0 Å². The second-order valence-electron chi connectivity index (χ2n) is 6.56. The van der Waals surface area contributed by atoms with Crippen molar-refractivity contribution in [3.8, 4) is 0 Å². The molecule has 0 amide bonds. The van der Waals surface area contributed by atoms with Crippen molar-refractivity contribution in [2.45, 2.75) is 64.0 Å². The maximum Gasteiger partial charge on any atom is 0.317 e. The first-order chi connectivity index (χ1) is 9.91. The first-order valence-electron chi connectivity index (χ1n) is 8.09. The molecule has 1 aliphatic carbocycles. The predicted molar refractivity (Wildman–Crippen MR) is 82.1 cm³/mol. The lowest BCUT2D eigenvalue weighted by atomic mass is 9.97. The second-order valence-corrected chi connectivity index (χ2v) is 8.79. The summed E-state index contributed by atoms with van der Waals surface area (Å²) in [5, 5.41) is 9.18. The Hall–Kier alpha value is -0.620. The van der Waals surface area contributed by atoms with Crippen LogP contribution in [-0.2, 0) is 14.6 Å². The first-order valence-corrected chi connectivity index (χ1v) is 9.91. The van der Waals surface area contributed by atoms with E-state index in [2.05, 4.69) is 6.92 Å². The van der Waals surface area contributed by atoms with Crippen LogP contribution in [0, 0.1) is 5.92 Å². The van der Waals surface area contributed by atoms with E-state index in [0.29, 0.717) is 6.42 Å². The summed E-state index contributed by atoms with van der Waals surface area (Å²) < 4.78 is 23.4. The lowest BCUT2D eigenvalue weighted by molar-refractivity contribution is -0.139. The molecule has 0 aromatic heterocycles. The van der Waals surface area contributed by atoms with E-state index in [1.54, 1.807) is 0 Å². The Morgan fingerprint density at radius 1 is 1.14 bits per heavy atom. The lowest BCUT2D eigenvalue weighted by Gasteiger charge is -2.34. The predicted octanol–water partition coefficient (Wildman–Crippen LogP) is 1.92. The number of carboxylic acid groups (broad SMARTS) is 1. The van der Waals surface area contributed by atoms with Gasteiger partial charge in [-0.05, 0) is 31.6 Å². The van der Waals surface area contributed by atoms with Crippen LogP contribution in [-0.4, -0.2) is 54.5 Å². The highest BCUT2D eigenvalue weighted by molar-refractivity contribution is 7.91. The fourth-order valence-electron chi connectivity index (χ4n) is 3.85. The van der Waals surface area contributed by atoms with Gasteiger partial charge in [-0.1, -0.05) is 26.2 Å². The summed E-state index contributed by atoms with van der Waals surface area (Å²) in [4.78, 5) is 13.2. The standard InChI is InChI=1S/C15H27NO4S/c1-2-12-4-3-5-13(7-6-12)16(10-15(17)18)14-8-9-21(19,20)11-14/h12-14H,2-11H2,1H3,(H,17,18). The molecule has 2 rings (SSSR count). The molecule has 1 saturated heterocycles. The van der Waals surface area contributed by atoms with Crippen LogP contribution in [0.1, 0.15) is 51.9 Å². The molecule has 21 heavy (non-hydrogen) atoms. The Kier molecular flexibility index (Phi) is 5.66. The third kappa shape index (κ3) is 4.68. The molecule has 2 aliphatic rings. The van der Waals surface area contributed by atoms with Crippen molar-refractivity contribution in [3.63, 3.8) is 0 Å². The summed E-state index contributed by atoms with van der Waals surface area (Å²) in [6.07, 6.45) is 7.25. The van der Waals surface area contributed by atoms with E-state index >= 15 is 0 Å². The number of aliphatic carboxylic acids is 1. The van der Waals surface area contributed by atoms with Crippen LogP contribution in [0.4, 0.5) is 0 Å². The summed E-state index contributed by atoms with van der Waals surface area (Å²) in [6.45, 7) is 2.19. The first kappa shape index (κ1) is 16.7. The van der Waals surface area contributed by atoms with Crippen molar-refractivity contribution in [3.05, 3.63) is 0 Å². The fraction of sp³-hybridized carbons (Fsp3) is 0.933. The van der Waals surface area contributed by atoms with E-state index in [0.717, 1.165) is 31.6 Å². The molecule has 2 fully saturated rings. The SMILES string of the molecule is CCC1CCCC(N(CC(=O)O)C2CCS(=O)(=O)C2)CC1. The highest BCUT2D eigenvalue weighted by Gasteiger charge is 2.36. The number of carboxylic acids is 1.